The van der Waals surface area contributed by atoms with Crippen molar-refractivity contribution in [3.63, 3.8) is 0 Å². The van der Waals surface area contributed by atoms with Crippen LogP contribution in [0, 0.1) is 30.9 Å². The lowest BCUT2D eigenvalue weighted by Crippen LogP contribution is -2.29. The summed E-state index contributed by atoms with van der Waals surface area (Å²) in [5, 5.41) is 20.8. The van der Waals surface area contributed by atoms with Crippen molar-refractivity contribution in [1.29, 1.82) is 0 Å². The van der Waals surface area contributed by atoms with Crippen molar-refractivity contribution >= 4 is 17.5 Å². The summed E-state index contributed by atoms with van der Waals surface area (Å²) in [5.74, 6) is 0.686. The number of nitro groups is 1. The predicted molar refractivity (Wildman–Crippen MR) is 118 cm³/mol. The number of amides is 1. The Labute approximate surface area is 179 Å². The first-order chi connectivity index (χ1) is 14.7. The van der Waals surface area contributed by atoms with E-state index >= 15 is 0 Å². The van der Waals surface area contributed by atoms with Gasteiger partial charge in [-0.3, -0.25) is 20.0 Å². The number of carboxylic acid groups (broad SMARTS) is 1. The van der Waals surface area contributed by atoms with E-state index in [1.807, 2.05) is 26.8 Å². The molecule has 31 heavy (non-hydrogen) atoms. The lowest BCUT2D eigenvalue weighted by atomic mass is 10.0. The number of anilines is 1. The summed E-state index contributed by atoms with van der Waals surface area (Å²) >= 11 is 0. The number of aromatic nitrogens is 1. The largest absolute Gasteiger partial charge is 0.496 e. The fourth-order valence-corrected chi connectivity index (χ4v) is 3.51. The van der Waals surface area contributed by atoms with Gasteiger partial charge in [0, 0.05) is 35.1 Å². The van der Waals surface area contributed by atoms with E-state index in [4.69, 9.17) is 4.74 Å². The van der Waals surface area contributed by atoms with Crippen LogP contribution in [0.4, 0.5) is 16.2 Å². The van der Waals surface area contributed by atoms with Crippen molar-refractivity contribution in [3.05, 3.63) is 81.2 Å². The second-order valence-electron chi connectivity index (χ2n) is 7.28. The highest BCUT2D eigenvalue weighted by molar-refractivity contribution is 5.87. The molecule has 0 spiro atoms. The maximum absolute atomic E-state index is 12.1. The molecule has 8 nitrogen and oxygen atoms in total. The van der Waals surface area contributed by atoms with Gasteiger partial charge in [0.15, 0.2) is 0 Å². The highest BCUT2D eigenvalue weighted by Crippen LogP contribution is 2.30. The van der Waals surface area contributed by atoms with E-state index in [2.05, 4.69) is 4.98 Å². The molecule has 0 atom stereocenters. The minimum atomic E-state index is -1.11. The van der Waals surface area contributed by atoms with Gasteiger partial charge in [-0.05, 0) is 61.7 Å². The first-order valence-corrected chi connectivity index (χ1v) is 9.57. The van der Waals surface area contributed by atoms with Crippen LogP contribution in [0.2, 0.25) is 0 Å². The molecular formula is C23H23N3O5. The summed E-state index contributed by atoms with van der Waals surface area (Å²) in [7, 11) is 1.57. The van der Waals surface area contributed by atoms with E-state index in [0.717, 1.165) is 27.8 Å². The Balaban J connectivity index is 2.01. The lowest BCUT2D eigenvalue weighted by molar-refractivity contribution is -0.384. The normalized spacial score (nSPS) is 10.6. The van der Waals surface area contributed by atoms with Crippen LogP contribution in [0.5, 0.6) is 5.75 Å². The fourth-order valence-electron chi connectivity index (χ4n) is 3.51. The van der Waals surface area contributed by atoms with Gasteiger partial charge in [0.25, 0.3) is 5.69 Å². The van der Waals surface area contributed by atoms with Gasteiger partial charge in [0.05, 0.1) is 24.3 Å². The number of rotatable bonds is 6. The zero-order valence-electron chi connectivity index (χ0n) is 17.7. The average Bonchev–Trinajstić information content (AvgIpc) is 2.73. The Morgan fingerprint density at radius 3 is 2.39 bits per heavy atom. The Bertz CT molecular complexity index is 1140. The molecule has 0 aliphatic heterocycles. The number of nitro benzene ring substituents is 1. The second-order valence-corrected chi connectivity index (χ2v) is 7.28. The third-order valence-electron chi connectivity index (χ3n) is 5.07. The molecule has 0 aliphatic rings. The van der Waals surface area contributed by atoms with Gasteiger partial charge in [0.1, 0.15) is 5.75 Å². The van der Waals surface area contributed by atoms with Gasteiger partial charge in [-0.25, -0.2) is 4.79 Å². The van der Waals surface area contributed by atoms with Crippen LogP contribution in [0.25, 0.3) is 11.1 Å². The smallest absolute Gasteiger partial charge is 0.412 e. The zero-order valence-corrected chi connectivity index (χ0v) is 17.7. The van der Waals surface area contributed by atoms with E-state index < -0.39 is 11.0 Å². The fraction of sp³-hybridized carbons (Fsp3) is 0.217. The average molecular weight is 421 g/mol. The van der Waals surface area contributed by atoms with Crippen LogP contribution in [0.1, 0.15) is 22.4 Å². The van der Waals surface area contributed by atoms with Gasteiger partial charge >= 0.3 is 6.09 Å². The summed E-state index contributed by atoms with van der Waals surface area (Å²) in [6, 6.07) is 11.6. The zero-order chi connectivity index (χ0) is 22.7. The quantitative estimate of drug-likeness (QED) is 0.429. The van der Waals surface area contributed by atoms with E-state index in [1.54, 1.807) is 37.6 Å². The van der Waals surface area contributed by atoms with E-state index in [9.17, 15) is 20.0 Å². The van der Waals surface area contributed by atoms with E-state index in [1.165, 1.54) is 17.0 Å². The van der Waals surface area contributed by atoms with Crippen molar-refractivity contribution < 1.29 is 19.6 Å². The third kappa shape index (κ3) is 4.63. The highest BCUT2D eigenvalue weighted by atomic mass is 16.6. The van der Waals surface area contributed by atoms with Crippen LogP contribution < -0.4 is 9.64 Å². The number of benzene rings is 2. The molecule has 0 aliphatic carbocycles. The number of ether oxygens (including phenoxy) is 1. The van der Waals surface area contributed by atoms with Crippen molar-refractivity contribution in [1.82, 2.24) is 4.98 Å². The topological polar surface area (TPSA) is 106 Å². The van der Waals surface area contributed by atoms with Crippen molar-refractivity contribution in [2.75, 3.05) is 12.0 Å². The molecule has 0 saturated carbocycles. The third-order valence-corrected chi connectivity index (χ3v) is 5.07. The van der Waals surface area contributed by atoms with Gasteiger partial charge in [0.2, 0.25) is 0 Å². The van der Waals surface area contributed by atoms with Crippen LogP contribution in [-0.2, 0) is 6.54 Å². The molecule has 0 unspecified atom stereocenters. The van der Waals surface area contributed by atoms with Gasteiger partial charge in [-0.1, -0.05) is 6.07 Å². The minimum absolute atomic E-state index is 0.00124. The first-order valence-electron chi connectivity index (χ1n) is 9.57. The van der Waals surface area contributed by atoms with Gasteiger partial charge in [-0.2, -0.15) is 0 Å². The highest BCUT2D eigenvalue weighted by Gasteiger charge is 2.20. The summed E-state index contributed by atoms with van der Waals surface area (Å²) in [6.45, 7) is 5.67. The molecule has 1 N–H and O–H groups in total. The van der Waals surface area contributed by atoms with Crippen LogP contribution in [-0.4, -0.2) is 28.2 Å². The molecule has 0 radical (unpaired) electrons. The Hall–Kier alpha value is -3.94. The molecular weight excluding hydrogens is 398 g/mol. The van der Waals surface area contributed by atoms with E-state index in [0.29, 0.717) is 17.1 Å². The van der Waals surface area contributed by atoms with Crippen LogP contribution in [0.3, 0.4) is 0 Å². The number of carbonyl (C=O) groups is 1. The Morgan fingerprint density at radius 1 is 1.13 bits per heavy atom. The summed E-state index contributed by atoms with van der Waals surface area (Å²) in [6.07, 6.45) is 0.556. The summed E-state index contributed by atoms with van der Waals surface area (Å²) in [5.41, 5.74) is 5.14. The number of nitrogens with zero attached hydrogens (tertiary/aromatic N) is 3. The molecule has 8 heteroatoms. The number of aryl methyl sites for hydroxylation is 2. The number of hydrogen-bond donors (Lipinski definition) is 1. The second kappa shape index (κ2) is 8.83. The summed E-state index contributed by atoms with van der Waals surface area (Å²) in [4.78, 5) is 28.2. The summed E-state index contributed by atoms with van der Waals surface area (Å²) < 4.78 is 5.43. The standard InChI is InChI=1S/C23H23N3O5/c1-14-9-18(17-5-7-19(8-6-17)26(29)30)11-20(10-14)25(23(27)28)13-21-16(3)22(31-4)15(2)12-24-21/h5-12H,13H2,1-4H3,(H,27,28). The number of hydrogen-bond acceptors (Lipinski definition) is 5. The number of non-ortho nitro benzene ring substituents is 1. The van der Waals surface area contributed by atoms with Crippen LogP contribution >= 0.6 is 0 Å². The Morgan fingerprint density at radius 2 is 1.81 bits per heavy atom. The van der Waals surface area contributed by atoms with Crippen LogP contribution in [0.15, 0.2) is 48.7 Å². The lowest BCUT2D eigenvalue weighted by Gasteiger charge is -2.22. The number of methoxy groups -OCH3 is 1. The van der Waals surface area contributed by atoms with Crippen molar-refractivity contribution in [2.24, 2.45) is 0 Å². The maximum Gasteiger partial charge on any atom is 0.412 e. The minimum Gasteiger partial charge on any atom is -0.496 e. The molecule has 3 rings (SSSR count). The first kappa shape index (κ1) is 21.8. The Kier molecular flexibility index (Phi) is 6.20. The molecule has 0 bridgehead atoms. The maximum atomic E-state index is 12.1. The molecule has 1 heterocycles. The molecule has 1 amide bonds. The molecule has 0 saturated heterocycles. The monoisotopic (exact) mass is 421 g/mol. The predicted octanol–water partition coefficient (Wildman–Crippen LogP) is 5.28. The SMILES string of the molecule is COc1c(C)cnc(CN(C(=O)O)c2cc(C)cc(-c3ccc([N+](=O)[O-])cc3)c2)c1C. The van der Waals surface area contributed by atoms with Crippen molar-refractivity contribution in [3.8, 4) is 16.9 Å². The molecule has 0 fully saturated rings. The van der Waals surface area contributed by atoms with Crippen molar-refractivity contribution in [2.45, 2.75) is 27.3 Å². The molecule has 1 aromatic heterocycles. The van der Waals surface area contributed by atoms with Gasteiger partial charge < -0.3 is 9.84 Å². The molecule has 160 valence electrons. The van der Waals surface area contributed by atoms with E-state index in [-0.39, 0.29) is 12.2 Å². The van der Waals surface area contributed by atoms with Gasteiger partial charge in [-0.15, -0.1) is 0 Å². The number of pyridine rings is 1. The molecule has 2 aromatic carbocycles. The molecule has 3 aromatic rings.